The molecule has 1 amide bonds. The summed E-state index contributed by atoms with van der Waals surface area (Å²) in [7, 11) is 0. The monoisotopic (exact) mass is 462 g/mol. The average Bonchev–Trinajstić information content (AvgIpc) is 2.76. The fraction of sp³-hybridized carbons (Fsp3) is 0.261. The summed E-state index contributed by atoms with van der Waals surface area (Å²) in [5.74, 6) is -0.811. The fourth-order valence-corrected chi connectivity index (χ4v) is 3.11. The van der Waals surface area contributed by atoms with Crippen LogP contribution in [0.3, 0.4) is 0 Å². The highest BCUT2D eigenvalue weighted by molar-refractivity contribution is 5.91. The number of benzene rings is 2. The highest BCUT2D eigenvalue weighted by Crippen LogP contribution is 2.30. The third-order valence-electron chi connectivity index (χ3n) is 4.71. The number of nitrogens with zero attached hydrogens (tertiary/aromatic N) is 1. The second kappa shape index (κ2) is 9.76. The van der Waals surface area contributed by atoms with Gasteiger partial charge in [0.05, 0.1) is 17.6 Å². The highest BCUT2D eigenvalue weighted by atomic mass is 19.4. The SMILES string of the molecule is CCOC(=O)C(C)Oc1cccc2c(=O)n(CC(=O)Nc3ccc(C(F)(F)F)cc3)ccc12. The molecule has 3 aromatic rings. The number of alkyl halides is 3. The Morgan fingerprint density at radius 2 is 1.76 bits per heavy atom. The molecule has 1 aromatic heterocycles. The lowest BCUT2D eigenvalue weighted by atomic mass is 10.1. The van der Waals surface area contributed by atoms with Crippen molar-refractivity contribution < 1.29 is 32.2 Å². The highest BCUT2D eigenvalue weighted by Gasteiger charge is 2.30. The number of rotatable bonds is 7. The number of hydrogen-bond acceptors (Lipinski definition) is 5. The lowest BCUT2D eigenvalue weighted by molar-refractivity contribution is -0.150. The Bertz CT molecular complexity index is 1220. The topological polar surface area (TPSA) is 86.6 Å². The second-order valence-corrected chi connectivity index (χ2v) is 7.10. The zero-order chi connectivity index (χ0) is 24.2. The van der Waals surface area contributed by atoms with Crippen molar-refractivity contribution in [1.82, 2.24) is 4.57 Å². The third kappa shape index (κ3) is 5.71. The van der Waals surface area contributed by atoms with Gasteiger partial charge in [0.15, 0.2) is 6.10 Å². The molecule has 0 aliphatic rings. The van der Waals surface area contributed by atoms with E-state index in [1.54, 1.807) is 31.2 Å². The van der Waals surface area contributed by atoms with Gasteiger partial charge in [0.1, 0.15) is 12.3 Å². The Labute approximate surface area is 186 Å². The summed E-state index contributed by atoms with van der Waals surface area (Å²) < 4.78 is 49.7. The van der Waals surface area contributed by atoms with Gasteiger partial charge in [0.2, 0.25) is 5.91 Å². The molecular formula is C23H21F3N2O5. The van der Waals surface area contributed by atoms with E-state index in [-0.39, 0.29) is 24.2 Å². The Hall–Kier alpha value is -3.82. The van der Waals surface area contributed by atoms with Gasteiger partial charge in [-0.1, -0.05) is 6.07 Å². The Morgan fingerprint density at radius 1 is 1.06 bits per heavy atom. The minimum atomic E-state index is -4.47. The van der Waals surface area contributed by atoms with Crippen LogP contribution >= 0.6 is 0 Å². The van der Waals surface area contributed by atoms with E-state index >= 15 is 0 Å². The van der Waals surface area contributed by atoms with Gasteiger partial charge in [-0.05, 0) is 56.3 Å². The van der Waals surface area contributed by atoms with Crippen molar-refractivity contribution in [3.8, 4) is 5.75 Å². The molecule has 174 valence electrons. The molecule has 3 rings (SSSR count). The number of anilines is 1. The molecule has 0 bridgehead atoms. The lowest BCUT2D eigenvalue weighted by Gasteiger charge is -2.15. The van der Waals surface area contributed by atoms with E-state index in [0.717, 1.165) is 24.3 Å². The molecule has 1 N–H and O–H groups in total. The quantitative estimate of drug-likeness (QED) is 0.537. The summed E-state index contributed by atoms with van der Waals surface area (Å²) in [6.07, 6.45) is -3.95. The molecule has 0 saturated carbocycles. The summed E-state index contributed by atoms with van der Waals surface area (Å²) >= 11 is 0. The maximum absolute atomic E-state index is 12.9. The first-order valence-electron chi connectivity index (χ1n) is 10.0. The fourth-order valence-electron chi connectivity index (χ4n) is 3.11. The Morgan fingerprint density at radius 3 is 2.39 bits per heavy atom. The van der Waals surface area contributed by atoms with E-state index < -0.39 is 35.3 Å². The van der Waals surface area contributed by atoms with Gasteiger partial charge < -0.3 is 19.4 Å². The van der Waals surface area contributed by atoms with Crippen molar-refractivity contribution in [2.45, 2.75) is 32.7 Å². The van der Waals surface area contributed by atoms with E-state index in [1.165, 1.54) is 17.7 Å². The predicted octanol–water partition coefficient (Wildman–Crippen LogP) is 3.99. The van der Waals surface area contributed by atoms with Crippen LogP contribution in [-0.2, 0) is 27.0 Å². The molecule has 1 atom stereocenters. The van der Waals surface area contributed by atoms with Gasteiger partial charge in [0.25, 0.3) is 5.56 Å². The molecule has 33 heavy (non-hydrogen) atoms. The average molecular weight is 462 g/mol. The summed E-state index contributed by atoms with van der Waals surface area (Å²) in [5, 5.41) is 3.19. The van der Waals surface area contributed by atoms with Gasteiger partial charge in [0, 0.05) is 17.3 Å². The van der Waals surface area contributed by atoms with E-state index in [0.29, 0.717) is 11.1 Å². The minimum absolute atomic E-state index is 0.172. The van der Waals surface area contributed by atoms with Crippen LogP contribution in [0.15, 0.2) is 59.5 Å². The van der Waals surface area contributed by atoms with Crippen LogP contribution < -0.4 is 15.6 Å². The molecule has 0 saturated heterocycles. The predicted molar refractivity (Wildman–Crippen MR) is 115 cm³/mol. The molecule has 1 unspecified atom stereocenters. The van der Waals surface area contributed by atoms with Crippen LogP contribution in [0.4, 0.5) is 18.9 Å². The summed E-state index contributed by atoms with van der Waals surface area (Å²) in [5.41, 5.74) is -1.13. The van der Waals surface area contributed by atoms with E-state index in [2.05, 4.69) is 5.32 Å². The van der Waals surface area contributed by atoms with E-state index in [9.17, 15) is 27.6 Å². The molecular weight excluding hydrogens is 441 g/mol. The van der Waals surface area contributed by atoms with Crippen molar-refractivity contribution in [2.24, 2.45) is 0 Å². The molecule has 2 aromatic carbocycles. The first kappa shape index (κ1) is 23.8. The zero-order valence-electron chi connectivity index (χ0n) is 17.8. The number of halogens is 3. The molecule has 0 radical (unpaired) electrons. The maximum atomic E-state index is 12.9. The normalized spacial score (nSPS) is 12.3. The number of ether oxygens (including phenoxy) is 2. The van der Waals surface area contributed by atoms with Crippen molar-refractivity contribution in [1.29, 1.82) is 0 Å². The number of hydrogen-bond donors (Lipinski definition) is 1. The van der Waals surface area contributed by atoms with Crippen molar-refractivity contribution >= 4 is 28.3 Å². The molecule has 0 spiro atoms. The maximum Gasteiger partial charge on any atom is 0.416 e. The van der Waals surface area contributed by atoms with E-state index in [1.807, 2.05) is 0 Å². The van der Waals surface area contributed by atoms with Crippen molar-refractivity contribution in [3.63, 3.8) is 0 Å². The summed E-state index contributed by atoms with van der Waals surface area (Å²) in [4.78, 5) is 37.0. The molecule has 10 heteroatoms. The number of amides is 1. The third-order valence-corrected chi connectivity index (χ3v) is 4.71. The molecule has 0 aliphatic heterocycles. The first-order valence-corrected chi connectivity index (χ1v) is 10.0. The van der Waals surface area contributed by atoms with E-state index in [4.69, 9.17) is 9.47 Å². The standard InChI is InChI=1S/C23H21F3N2O5/c1-3-32-22(31)14(2)33-19-6-4-5-18-17(19)11-12-28(21(18)30)13-20(29)27-16-9-7-15(8-10-16)23(24,25)26/h4-12,14H,3,13H2,1-2H3,(H,27,29). The lowest BCUT2D eigenvalue weighted by Crippen LogP contribution is -2.28. The van der Waals surface area contributed by atoms with Crippen molar-refractivity contribution in [2.75, 3.05) is 11.9 Å². The van der Waals surface area contributed by atoms with Crippen LogP contribution in [0.2, 0.25) is 0 Å². The van der Waals surface area contributed by atoms with Crippen LogP contribution in [-0.4, -0.2) is 29.2 Å². The second-order valence-electron chi connectivity index (χ2n) is 7.10. The molecule has 1 heterocycles. The number of carbonyl (C=O) groups excluding carboxylic acids is 2. The first-order chi connectivity index (χ1) is 15.6. The Kier molecular flexibility index (Phi) is 7.05. The van der Waals surface area contributed by atoms with Gasteiger partial charge >= 0.3 is 12.1 Å². The van der Waals surface area contributed by atoms with Crippen LogP contribution in [0.5, 0.6) is 5.75 Å². The zero-order valence-corrected chi connectivity index (χ0v) is 17.8. The number of esters is 1. The number of pyridine rings is 1. The van der Waals surface area contributed by atoms with Gasteiger partial charge in [-0.25, -0.2) is 4.79 Å². The van der Waals surface area contributed by atoms with Crippen LogP contribution in [0.1, 0.15) is 19.4 Å². The number of aromatic nitrogens is 1. The minimum Gasteiger partial charge on any atom is -0.478 e. The van der Waals surface area contributed by atoms with Crippen LogP contribution in [0.25, 0.3) is 10.8 Å². The van der Waals surface area contributed by atoms with Crippen molar-refractivity contribution in [3.05, 3.63) is 70.6 Å². The smallest absolute Gasteiger partial charge is 0.416 e. The molecule has 7 nitrogen and oxygen atoms in total. The van der Waals surface area contributed by atoms with Gasteiger partial charge in [-0.2, -0.15) is 13.2 Å². The molecule has 0 fully saturated rings. The summed E-state index contributed by atoms with van der Waals surface area (Å²) in [6, 6.07) is 10.3. The molecule has 0 aliphatic carbocycles. The number of fused-ring (bicyclic) bond motifs is 1. The van der Waals surface area contributed by atoms with Gasteiger partial charge in [-0.15, -0.1) is 0 Å². The number of nitrogens with one attached hydrogen (secondary N) is 1. The largest absolute Gasteiger partial charge is 0.478 e. The van der Waals surface area contributed by atoms with Gasteiger partial charge in [-0.3, -0.25) is 9.59 Å². The number of carbonyl (C=O) groups is 2. The van der Waals surface area contributed by atoms with Crippen LogP contribution in [0, 0.1) is 0 Å². The Balaban J connectivity index is 1.76. The summed E-state index contributed by atoms with van der Waals surface area (Å²) in [6.45, 7) is 3.07.